The molecule has 0 atom stereocenters. The molecular formula is C15H19N3O5S2. The summed E-state index contributed by atoms with van der Waals surface area (Å²) in [4.78, 5) is 16.1. The van der Waals surface area contributed by atoms with Crippen molar-refractivity contribution in [2.24, 2.45) is 0 Å². The smallest absolute Gasteiger partial charge is 0.263 e. The summed E-state index contributed by atoms with van der Waals surface area (Å²) < 4.78 is 36.8. The molecule has 1 aromatic carbocycles. The molecule has 1 aromatic heterocycles. The largest absolute Gasteiger partial charge is 0.354 e. The summed E-state index contributed by atoms with van der Waals surface area (Å²) in [5, 5.41) is 4.49. The predicted molar refractivity (Wildman–Crippen MR) is 93.9 cm³/mol. The second-order valence-corrected chi connectivity index (χ2v) is 7.48. The predicted octanol–water partition coefficient (Wildman–Crippen LogP) is 1.22. The van der Waals surface area contributed by atoms with Gasteiger partial charge in [0, 0.05) is 19.6 Å². The molecule has 1 heterocycles. The Morgan fingerprint density at radius 3 is 2.56 bits per heavy atom. The molecule has 0 bridgehead atoms. The van der Waals surface area contributed by atoms with Gasteiger partial charge in [-0.3, -0.25) is 9.52 Å². The number of methoxy groups -OCH3 is 2. The first-order chi connectivity index (χ1) is 11.9. The van der Waals surface area contributed by atoms with Crippen molar-refractivity contribution >= 4 is 32.4 Å². The second-order valence-electron chi connectivity index (χ2n) is 4.94. The van der Waals surface area contributed by atoms with Gasteiger partial charge in [-0.25, -0.2) is 13.4 Å². The second kappa shape index (κ2) is 8.90. The number of nitrogens with one attached hydrogen (secondary N) is 2. The zero-order chi connectivity index (χ0) is 18.3. The molecule has 2 rings (SSSR count). The molecule has 0 aliphatic rings. The zero-order valence-corrected chi connectivity index (χ0v) is 15.4. The molecule has 136 valence electrons. The number of anilines is 1. The fourth-order valence-electron chi connectivity index (χ4n) is 1.90. The number of carbonyl (C=O) groups excluding carboxylic acids is 1. The number of hydrogen-bond acceptors (Lipinski definition) is 7. The molecule has 2 aromatic rings. The van der Waals surface area contributed by atoms with Gasteiger partial charge in [0.2, 0.25) is 5.91 Å². The van der Waals surface area contributed by atoms with Crippen LogP contribution >= 0.6 is 11.3 Å². The van der Waals surface area contributed by atoms with Crippen molar-refractivity contribution in [3.63, 3.8) is 0 Å². The van der Waals surface area contributed by atoms with E-state index in [-0.39, 0.29) is 28.9 Å². The molecule has 8 nitrogen and oxygen atoms in total. The van der Waals surface area contributed by atoms with Crippen LogP contribution in [-0.2, 0) is 30.7 Å². The molecule has 0 unspecified atom stereocenters. The van der Waals surface area contributed by atoms with Gasteiger partial charge in [0.15, 0.2) is 11.4 Å². The van der Waals surface area contributed by atoms with Gasteiger partial charge in [0.25, 0.3) is 10.0 Å². The van der Waals surface area contributed by atoms with Crippen LogP contribution in [-0.4, -0.2) is 46.4 Å². The van der Waals surface area contributed by atoms with Gasteiger partial charge in [-0.05, 0) is 12.1 Å². The van der Waals surface area contributed by atoms with E-state index < -0.39 is 16.3 Å². The monoisotopic (exact) mass is 385 g/mol. The fourth-order valence-corrected chi connectivity index (χ4v) is 3.88. The Labute approximate surface area is 150 Å². The Balaban J connectivity index is 1.93. The third-order valence-corrected chi connectivity index (χ3v) is 5.45. The van der Waals surface area contributed by atoms with E-state index in [2.05, 4.69) is 15.0 Å². The van der Waals surface area contributed by atoms with Crippen molar-refractivity contribution in [1.82, 2.24) is 10.3 Å². The molecule has 25 heavy (non-hydrogen) atoms. The lowest BCUT2D eigenvalue weighted by Crippen LogP contribution is -2.35. The van der Waals surface area contributed by atoms with E-state index in [0.29, 0.717) is 5.69 Å². The number of amides is 1. The van der Waals surface area contributed by atoms with Crippen molar-refractivity contribution in [2.75, 3.05) is 25.5 Å². The number of ether oxygens (including phenoxy) is 2. The van der Waals surface area contributed by atoms with Gasteiger partial charge in [-0.15, -0.1) is 11.3 Å². The average molecular weight is 385 g/mol. The summed E-state index contributed by atoms with van der Waals surface area (Å²) in [5.41, 5.74) is 0.472. The molecule has 2 N–H and O–H groups in total. The topological polar surface area (TPSA) is 107 Å². The van der Waals surface area contributed by atoms with Gasteiger partial charge >= 0.3 is 0 Å². The maximum atomic E-state index is 12.2. The third-order valence-electron chi connectivity index (χ3n) is 3.16. The van der Waals surface area contributed by atoms with Gasteiger partial charge in [0.1, 0.15) is 0 Å². The first-order valence-corrected chi connectivity index (χ1v) is 9.65. The first-order valence-electron chi connectivity index (χ1n) is 7.29. The van der Waals surface area contributed by atoms with Crippen LogP contribution in [0.15, 0.2) is 40.6 Å². The fraction of sp³-hybridized carbons (Fsp3) is 0.333. The van der Waals surface area contributed by atoms with Gasteiger partial charge < -0.3 is 14.8 Å². The summed E-state index contributed by atoms with van der Waals surface area (Å²) in [6, 6.07) is 7.99. The first kappa shape index (κ1) is 19.3. The SMILES string of the molecule is COC(CNC(=O)Cc1csc(NS(=O)(=O)c2ccccc2)n1)OC. The van der Waals surface area contributed by atoms with Crippen LogP contribution < -0.4 is 10.0 Å². The zero-order valence-electron chi connectivity index (χ0n) is 13.8. The highest BCUT2D eigenvalue weighted by Crippen LogP contribution is 2.20. The van der Waals surface area contributed by atoms with Crippen LogP contribution in [0.2, 0.25) is 0 Å². The number of thiazole rings is 1. The Hall–Kier alpha value is -2.01. The lowest BCUT2D eigenvalue weighted by atomic mass is 10.3. The van der Waals surface area contributed by atoms with Crippen LogP contribution in [0.5, 0.6) is 0 Å². The molecule has 0 saturated heterocycles. The van der Waals surface area contributed by atoms with Gasteiger partial charge in [-0.2, -0.15) is 0 Å². The van der Waals surface area contributed by atoms with Crippen molar-refractivity contribution in [2.45, 2.75) is 17.6 Å². The lowest BCUT2D eigenvalue weighted by molar-refractivity contribution is -0.126. The molecule has 0 saturated carbocycles. The molecular weight excluding hydrogens is 366 g/mol. The molecule has 0 aliphatic carbocycles. The molecule has 10 heteroatoms. The highest BCUT2D eigenvalue weighted by atomic mass is 32.2. The summed E-state index contributed by atoms with van der Waals surface area (Å²) in [6.45, 7) is 0.212. The van der Waals surface area contributed by atoms with E-state index >= 15 is 0 Å². The van der Waals surface area contributed by atoms with Crippen molar-refractivity contribution in [3.8, 4) is 0 Å². The van der Waals surface area contributed by atoms with Crippen molar-refractivity contribution < 1.29 is 22.7 Å². The maximum Gasteiger partial charge on any atom is 0.263 e. The maximum absolute atomic E-state index is 12.2. The highest BCUT2D eigenvalue weighted by Gasteiger charge is 2.16. The van der Waals surface area contributed by atoms with E-state index in [1.165, 1.54) is 26.4 Å². The summed E-state index contributed by atoms with van der Waals surface area (Å²) in [5.74, 6) is -0.262. The van der Waals surface area contributed by atoms with E-state index in [1.807, 2.05) is 0 Å². The number of aromatic nitrogens is 1. The summed E-state index contributed by atoms with van der Waals surface area (Å²) in [7, 11) is -0.736. The van der Waals surface area contributed by atoms with Crippen LogP contribution in [0.1, 0.15) is 5.69 Å². The highest BCUT2D eigenvalue weighted by molar-refractivity contribution is 7.93. The minimum atomic E-state index is -3.69. The number of benzene rings is 1. The molecule has 0 aliphatic heterocycles. The average Bonchev–Trinajstić information content (AvgIpc) is 3.02. The Kier molecular flexibility index (Phi) is 6.88. The third kappa shape index (κ3) is 5.78. The summed E-state index contributed by atoms with van der Waals surface area (Å²) >= 11 is 1.12. The van der Waals surface area contributed by atoms with E-state index in [9.17, 15) is 13.2 Å². The van der Waals surface area contributed by atoms with E-state index in [4.69, 9.17) is 9.47 Å². The number of hydrogen-bond donors (Lipinski definition) is 2. The standard InChI is InChI=1S/C15H19N3O5S2/c1-22-14(23-2)9-16-13(19)8-11-10-24-15(17-11)18-25(20,21)12-6-4-3-5-7-12/h3-7,10,14H,8-9H2,1-2H3,(H,16,19)(H,17,18). The van der Waals surface area contributed by atoms with E-state index in [1.54, 1.807) is 23.6 Å². The number of nitrogens with zero attached hydrogens (tertiary/aromatic N) is 1. The minimum absolute atomic E-state index is 0.0315. The number of carbonyl (C=O) groups is 1. The normalized spacial score (nSPS) is 11.5. The number of sulfonamides is 1. The molecule has 0 radical (unpaired) electrons. The van der Waals surface area contributed by atoms with Crippen LogP contribution in [0.25, 0.3) is 0 Å². The molecule has 0 fully saturated rings. The Morgan fingerprint density at radius 2 is 1.92 bits per heavy atom. The summed E-state index contributed by atoms with van der Waals surface area (Å²) in [6.07, 6.45) is -0.489. The van der Waals surface area contributed by atoms with Crippen molar-refractivity contribution in [3.05, 3.63) is 41.4 Å². The van der Waals surface area contributed by atoms with Gasteiger partial charge in [-0.1, -0.05) is 18.2 Å². The van der Waals surface area contributed by atoms with Gasteiger partial charge in [0.05, 0.1) is 23.6 Å². The Morgan fingerprint density at radius 1 is 1.24 bits per heavy atom. The lowest BCUT2D eigenvalue weighted by Gasteiger charge is -2.13. The van der Waals surface area contributed by atoms with E-state index in [0.717, 1.165) is 11.3 Å². The Bertz CT molecular complexity index is 789. The van der Waals surface area contributed by atoms with Crippen molar-refractivity contribution in [1.29, 1.82) is 0 Å². The number of rotatable bonds is 9. The van der Waals surface area contributed by atoms with Crippen LogP contribution in [0.4, 0.5) is 5.13 Å². The molecule has 1 amide bonds. The molecule has 0 spiro atoms. The van der Waals surface area contributed by atoms with Crippen LogP contribution in [0.3, 0.4) is 0 Å². The van der Waals surface area contributed by atoms with Crippen LogP contribution in [0, 0.1) is 0 Å². The minimum Gasteiger partial charge on any atom is -0.354 e. The quantitative estimate of drug-likeness (QED) is 0.629.